The van der Waals surface area contributed by atoms with Gasteiger partial charge in [0.25, 0.3) is 0 Å². The fourth-order valence-corrected chi connectivity index (χ4v) is 2.72. The highest BCUT2D eigenvalue weighted by atomic mass is 16.5. The number of H-pyrrole nitrogens is 2. The average molecular weight is 324 g/mol. The zero-order valence-electron chi connectivity index (χ0n) is 12.3. The summed E-state index contributed by atoms with van der Waals surface area (Å²) in [6.07, 6.45) is 0. The van der Waals surface area contributed by atoms with Gasteiger partial charge in [-0.1, -0.05) is 11.3 Å². The number of fused-ring (bicyclic) bond motifs is 3. The molecule has 0 aliphatic rings. The number of nitrogens with zero attached hydrogens (tertiary/aromatic N) is 3. The summed E-state index contributed by atoms with van der Waals surface area (Å²) < 4.78 is 5.77. The van der Waals surface area contributed by atoms with Gasteiger partial charge in [-0.25, -0.2) is 0 Å². The standard InChI is InChI=1S/C15H12N6O3/c16-15(23)7-4-5-9(22)14-12(7)13-8(17-14)2-1-3-10(13)24-6-11-18-20-21-19-11/h1-5,17,22H,6H2,(H2,16,23)(H,18,19,20,21). The number of hydrogen-bond donors (Lipinski definition) is 4. The van der Waals surface area contributed by atoms with Gasteiger partial charge in [-0.2, -0.15) is 5.21 Å². The second-order valence-corrected chi connectivity index (χ2v) is 5.17. The van der Waals surface area contributed by atoms with Crippen LogP contribution in [0.15, 0.2) is 30.3 Å². The number of hydrogen-bond acceptors (Lipinski definition) is 6. The van der Waals surface area contributed by atoms with Gasteiger partial charge in [0.1, 0.15) is 11.5 Å². The monoisotopic (exact) mass is 324 g/mol. The van der Waals surface area contributed by atoms with Gasteiger partial charge < -0.3 is 20.6 Å². The van der Waals surface area contributed by atoms with E-state index >= 15 is 0 Å². The molecule has 0 bridgehead atoms. The Labute approximate surface area is 134 Å². The molecule has 5 N–H and O–H groups in total. The Bertz CT molecular complexity index is 1050. The molecule has 0 spiro atoms. The van der Waals surface area contributed by atoms with E-state index in [1.165, 1.54) is 12.1 Å². The number of carbonyl (C=O) groups is 1. The van der Waals surface area contributed by atoms with Gasteiger partial charge in [0, 0.05) is 10.9 Å². The zero-order chi connectivity index (χ0) is 16.7. The summed E-state index contributed by atoms with van der Waals surface area (Å²) in [4.78, 5) is 14.9. The van der Waals surface area contributed by atoms with Gasteiger partial charge in [-0.3, -0.25) is 4.79 Å². The van der Waals surface area contributed by atoms with E-state index in [1.54, 1.807) is 12.1 Å². The molecular weight excluding hydrogens is 312 g/mol. The molecule has 9 nitrogen and oxygen atoms in total. The molecule has 2 aromatic carbocycles. The van der Waals surface area contributed by atoms with E-state index in [1.807, 2.05) is 6.07 Å². The number of rotatable bonds is 4. The lowest BCUT2D eigenvalue weighted by Gasteiger charge is -2.07. The van der Waals surface area contributed by atoms with E-state index < -0.39 is 5.91 Å². The number of aromatic nitrogens is 5. The highest BCUT2D eigenvalue weighted by Crippen LogP contribution is 2.38. The third-order valence-corrected chi connectivity index (χ3v) is 3.73. The molecule has 0 aliphatic carbocycles. The molecule has 4 aromatic rings. The number of phenolic OH excluding ortho intramolecular Hbond substituents is 1. The maximum atomic E-state index is 11.8. The van der Waals surface area contributed by atoms with E-state index in [0.717, 1.165) is 0 Å². The summed E-state index contributed by atoms with van der Waals surface area (Å²) in [7, 11) is 0. The Kier molecular flexibility index (Phi) is 3.05. The minimum absolute atomic E-state index is 0.0234. The molecule has 0 radical (unpaired) electrons. The van der Waals surface area contributed by atoms with Crippen LogP contribution in [-0.2, 0) is 6.61 Å². The fourth-order valence-electron chi connectivity index (χ4n) is 2.72. The average Bonchev–Trinajstić information content (AvgIpc) is 3.21. The van der Waals surface area contributed by atoms with Gasteiger partial charge in [0.2, 0.25) is 11.7 Å². The van der Waals surface area contributed by atoms with Crippen molar-refractivity contribution in [2.24, 2.45) is 5.73 Å². The Morgan fingerprint density at radius 3 is 2.88 bits per heavy atom. The number of aromatic amines is 2. The van der Waals surface area contributed by atoms with Gasteiger partial charge in [0.05, 0.1) is 16.4 Å². The van der Waals surface area contributed by atoms with Crippen LogP contribution in [0.2, 0.25) is 0 Å². The zero-order valence-corrected chi connectivity index (χ0v) is 12.3. The van der Waals surface area contributed by atoms with Crippen LogP contribution in [0.3, 0.4) is 0 Å². The van der Waals surface area contributed by atoms with Crippen LogP contribution in [-0.4, -0.2) is 36.6 Å². The Hall–Kier alpha value is -3.62. The van der Waals surface area contributed by atoms with E-state index in [9.17, 15) is 9.90 Å². The minimum Gasteiger partial charge on any atom is -0.506 e. The lowest BCUT2D eigenvalue weighted by molar-refractivity contribution is 0.100. The lowest BCUT2D eigenvalue weighted by Crippen LogP contribution is -2.11. The normalized spacial score (nSPS) is 11.2. The first-order valence-electron chi connectivity index (χ1n) is 7.06. The molecule has 9 heteroatoms. The van der Waals surface area contributed by atoms with Crippen LogP contribution < -0.4 is 10.5 Å². The van der Waals surface area contributed by atoms with E-state index in [4.69, 9.17) is 10.5 Å². The summed E-state index contributed by atoms with van der Waals surface area (Å²) in [5.74, 6) is 0.339. The molecule has 1 amide bonds. The largest absolute Gasteiger partial charge is 0.506 e. The highest BCUT2D eigenvalue weighted by Gasteiger charge is 2.18. The summed E-state index contributed by atoms with van der Waals surface area (Å²) in [6, 6.07) is 8.29. The van der Waals surface area contributed by atoms with Crippen molar-refractivity contribution in [2.75, 3.05) is 0 Å². The fraction of sp³-hybridized carbons (Fsp3) is 0.0667. The quantitative estimate of drug-likeness (QED) is 0.444. The first kappa shape index (κ1) is 14.0. The number of phenols is 1. The summed E-state index contributed by atoms with van der Waals surface area (Å²) in [5.41, 5.74) is 6.91. The molecule has 0 fully saturated rings. The Balaban J connectivity index is 1.94. The molecule has 24 heavy (non-hydrogen) atoms. The molecule has 120 valence electrons. The topological polar surface area (TPSA) is 143 Å². The number of nitrogens with one attached hydrogen (secondary N) is 2. The third kappa shape index (κ3) is 2.10. The van der Waals surface area contributed by atoms with Crippen molar-refractivity contribution in [3.63, 3.8) is 0 Å². The third-order valence-electron chi connectivity index (χ3n) is 3.73. The first-order chi connectivity index (χ1) is 11.6. The minimum atomic E-state index is -0.589. The lowest BCUT2D eigenvalue weighted by atomic mass is 10.0. The Morgan fingerprint density at radius 2 is 2.12 bits per heavy atom. The van der Waals surface area contributed by atoms with E-state index in [-0.39, 0.29) is 12.4 Å². The molecule has 2 heterocycles. The maximum absolute atomic E-state index is 11.8. The summed E-state index contributed by atoms with van der Waals surface area (Å²) in [5, 5.41) is 24.7. The van der Waals surface area contributed by atoms with Crippen LogP contribution >= 0.6 is 0 Å². The molecule has 0 aliphatic heterocycles. The predicted octanol–water partition coefficient (Wildman–Crippen LogP) is 1.22. The number of carbonyl (C=O) groups excluding carboxylic acids is 1. The van der Waals surface area contributed by atoms with Crippen LogP contribution in [0, 0.1) is 0 Å². The van der Waals surface area contributed by atoms with Crippen molar-refractivity contribution in [1.29, 1.82) is 0 Å². The maximum Gasteiger partial charge on any atom is 0.249 e. The number of ether oxygens (including phenoxy) is 1. The van der Waals surface area contributed by atoms with Crippen LogP contribution in [0.25, 0.3) is 21.8 Å². The van der Waals surface area contributed by atoms with Crippen LogP contribution in [0.4, 0.5) is 0 Å². The van der Waals surface area contributed by atoms with Crippen molar-refractivity contribution in [3.05, 3.63) is 41.7 Å². The van der Waals surface area contributed by atoms with Crippen molar-refractivity contribution in [1.82, 2.24) is 25.6 Å². The second-order valence-electron chi connectivity index (χ2n) is 5.17. The molecule has 0 saturated heterocycles. The van der Waals surface area contributed by atoms with Crippen molar-refractivity contribution < 1.29 is 14.6 Å². The number of benzene rings is 2. The van der Waals surface area contributed by atoms with Crippen molar-refractivity contribution in [3.8, 4) is 11.5 Å². The van der Waals surface area contributed by atoms with Gasteiger partial charge >= 0.3 is 0 Å². The Morgan fingerprint density at radius 1 is 1.25 bits per heavy atom. The number of amides is 1. The van der Waals surface area contributed by atoms with E-state index in [0.29, 0.717) is 38.9 Å². The van der Waals surface area contributed by atoms with Gasteiger partial charge in [0.15, 0.2) is 6.61 Å². The second kappa shape index (κ2) is 5.23. The number of tetrazole rings is 1. The molecule has 0 atom stereocenters. The summed E-state index contributed by atoms with van der Waals surface area (Å²) in [6.45, 7) is 0.104. The molecule has 0 saturated carbocycles. The number of aromatic hydroxyl groups is 1. The van der Waals surface area contributed by atoms with Crippen molar-refractivity contribution >= 4 is 27.7 Å². The summed E-state index contributed by atoms with van der Waals surface area (Å²) >= 11 is 0. The van der Waals surface area contributed by atoms with Gasteiger partial charge in [-0.05, 0) is 24.3 Å². The molecule has 0 unspecified atom stereocenters. The van der Waals surface area contributed by atoms with Crippen LogP contribution in [0.1, 0.15) is 16.2 Å². The van der Waals surface area contributed by atoms with E-state index in [2.05, 4.69) is 25.6 Å². The SMILES string of the molecule is NC(=O)c1ccc(O)c2[nH]c3cccc(OCc4nn[nH]n4)c3c12. The smallest absolute Gasteiger partial charge is 0.249 e. The molecular formula is C15H12N6O3. The predicted molar refractivity (Wildman–Crippen MR) is 84.5 cm³/mol. The first-order valence-corrected chi connectivity index (χ1v) is 7.06. The highest BCUT2D eigenvalue weighted by molar-refractivity contribution is 6.20. The van der Waals surface area contributed by atoms with Gasteiger partial charge in [-0.15, -0.1) is 10.2 Å². The van der Waals surface area contributed by atoms with Crippen LogP contribution in [0.5, 0.6) is 11.5 Å². The number of primary amides is 1. The number of nitrogens with two attached hydrogens (primary N) is 1. The molecule has 2 aromatic heterocycles. The van der Waals surface area contributed by atoms with Crippen molar-refractivity contribution in [2.45, 2.75) is 6.61 Å². The molecule has 4 rings (SSSR count).